The summed E-state index contributed by atoms with van der Waals surface area (Å²) < 4.78 is 0. The van der Waals surface area contributed by atoms with E-state index in [4.69, 9.17) is 5.73 Å². The minimum Gasteiger partial charge on any atom is -0.352 e. The van der Waals surface area contributed by atoms with Crippen molar-refractivity contribution in [1.82, 2.24) is 5.32 Å². The molecule has 0 spiro atoms. The maximum absolute atomic E-state index is 11.5. The Bertz CT molecular complexity index is 174. The Balaban J connectivity index is 2.31. The van der Waals surface area contributed by atoms with Gasteiger partial charge in [0.2, 0.25) is 5.91 Å². The third-order valence-corrected chi connectivity index (χ3v) is 2.72. The quantitative estimate of drug-likeness (QED) is 0.688. The van der Waals surface area contributed by atoms with Gasteiger partial charge in [0.25, 0.3) is 0 Å². The highest BCUT2D eigenvalue weighted by molar-refractivity contribution is 5.82. The number of nitrogens with one attached hydrogen (secondary N) is 1. The van der Waals surface area contributed by atoms with Gasteiger partial charge in [-0.3, -0.25) is 4.79 Å². The molecule has 13 heavy (non-hydrogen) atoms. The molecule has 0 heterocycles. The molecule has 0 aromatic heterocycles. The van der Waals surface area contributed by atoms with Gasteiger partial charge in [-0.15, -0.1) is 0 Å². The van der Waals surface area contributed by atoms with E-state index in [2.05, 4.69) is 5.32 Å². The van der Waals surface area contributed by atoms with Crippen molar-refractivity contribution in [3.63, 3.8) is 0 Å². The van der Waals surface area contributed by atoms with Gasteiger partial charge in [-0.1, -0.05) is 26.7 Å². The van der Waals surface area contributed by atoms with E-state index in [9.17, 15) is 4.79 Å². The van der Waals surface area contributed by atoms with Gasteiger partial charge in [-0.2, -0.15) is 0 Å². The maximum atomic E-state index is 11.5. The number of nitrogens with two attached hydrogens (primary N) is 1. The summed E-state index contributed by atoms with van der Waals surface area (Å²) in [5.41, 5.74) is 5.73. The Labute approximate surface area is 80.1 Å². The summed E-state index contributed by atoms with van der Waals surface area (Å²) in [7, 11) is 0. The van der Waals surface area contributed by atoms with Gasteiger partial charge in [-0.25, -0.2) is 0 Å². The predicted molar refractivity (Wildman–Crippen MR) is 53.2 cm³/mol. The zero-order valence-electron chi connectivity index (χ0n) is 8.55. The maximum Gasteiger partial charge on any atom is 0.237 e. The fourth-order valence-corrected chi connectivity index (χ4v) is 1.67. The highest BCUT2D eigenvalue weighted by Gasteiger charge is 2.22. The van der Waals surface area contributed by atoms with E-state index in [-0.39, 0.29) is 17.9 Å². The van der Waals surface area contributed by atoms with Crippen LogP contribution >= 0.6 is 0 Å². The molecule has 1 amide bonds. The molecule has 0 aromatic rings. The van der Waals surface area contributed by atoms with Gasteiger partial charge in [0.05, 0.1) is 6.04 Å². The van der Waals surface area contributed by atoms with E-state index in [1.165, 1.54) is 12.8 Å². The van der Waals surface area contributed by atoms with Crippen LogP contribution in [0.2, 0.25) is 0 Å². The SMILES string of the molecule is CC(C)[C@@H](N)C(=O)NC1CCCC1. The van der Waals surface area contributed by atoms with E-state index in [1.807, 2.05) is 13.8 Å². The van der Waals surface area contributed by atoms with Gasteiger partial charge in [0.15, 0.2) is 0 Å². The summed E-state index contributed by atoms with van der Waals surface area (Å²) in [6.07, 6.45) is 4.72. The molecule has 1 saturated carbocycles. The average Bonchev–Trinajstić information content (AvgIpc) is 2.55. The summed E-state index contributed by atoms with van der Waals surface area (Å²) in [6.45, 7) is 3.94. The first kappa shape index (κ1) is 10.5. The fourth-order valence-electron chi connectivity index (χ4n) is 1.67. The second-order valence-corrected chi connectivity index (χ2v) is 4.26. The second kappa shape index (κ2) is 4.61. The second-order valence-electron chi connectivity index (χ2n) is 4.26. The zero-order valence-corrected chi connectivity index (χ0v) is 8.55. The van der Waals surface area contributed by atoms with Crippen LogP contribution in [0.4, 0.5) is 0 Å². The van der Waals surface area contributed by atoms with E-state index in [0.717, 1.165) is 12.8 Å². The summed E-state index contributed by atoms with van der Waals surface area (Å²) in [5, 5.41) is 3.00. The molecular weight excluding hydrogens is 164 g/mol. The molecule has 1 fully saturated rings. The lowest BCUT2D eigenvalue weighted by Gasteiger charge is -2.18. The third kappa shape index (κ3) is 2.99. The Morgan fingerprint density at radius 3 is 2.38 bits per heavy atom. The molecule has 3 heteroatoms. The van der Waals surface area contributed by atoms with Crippen LogP contribution in [0, 0.1) is 5.92 Å². The van der Waals surface area contributed by atoms with Crippen molar-refractivity contribution in [1.29, 1.82) is 0 Å². The van der Waals surface area contributed by atoms with Crippen LogP contribution in [-0.4, -0.2) is 18.0 Å². The van der Waals surface area contributed by atoms with Crippen LogP contribution in [0.1, 0.15) is 39.5 Å². The molecule has 0 aromatic carbocycles. The first-order valence-corrected chi connectivity index (χ1v) is 5.17. The number of carbonyl (C=O) groups excluding carboxylic acids is 1. The minimum atomic E-state index is -0.347. The molecule has 0 radical (unpaired) electrons. The van der Waals surface area contributed by atoms with E-state index in [1.54, 1.807) is 0 Å². The molecule has 0 aliphatic heterocycles. The molecular formula is C10H20N2O. The van der Waals surface area contributed by atoms with Crippen molar-refractivity contribution in [2.24, 2.45) is 11.7 Å². The molecule has 1 aliphatic rings. The Hall–Kier alpha value is -0.570. The molecule has 3 N–H and O–H groups in total. The van der Waals surface area contributed by atoms with E-state index in [0.29, 0.717) is 6.04 Å². The van der Waals surface area contributed by atoms with Crippen LogP contribution in [0.3, 0.4) is 0 Å². The summed E-state index contributed by atoms with van der Waals surface area (Å²) in [4.78, 5) is 11.5. The average molecular weight is 184 g/mol. The van der Waals surface area contributed by atoms with E-state index < -0.39 is 0 Å². The lowest BCUT2D eigenvalue weighted by molar-refractivity contribution is -0.123. The lowest BCUT2D eigenvalue weighted by atomic mass is 10.0. The Morgan fingerprint density at radius 1 is 1.38 bits per heavy atom. The minimum absolute atomic E-state index is 0.0156. The van der Waals surface area contributed by atoms with Crippen LogP contribution in [0.5, 0.6) is 0 Å². The van der Waals surface area contributed by atoms with Gasteiger partial charge in [0.1, 0.15) is 0 Å². The van der Waals surface area contributed by atoms with Crippen molar-refractivity contribution in [3.8, 4) is 0 Å². The fraction of sp³-hybridized carbons (Fsp3) is 0.900. The molecule has 76 valence electrons. The third-order valence-electron chi connectivity index (χ3n) is 2.72. The van der Waals surface area contributed by atoms with Crippen LogP contribution in [-0.2, 0) is 4.79 Å². The molecule has 0 saturated heterocycles. The van der Waals surface area contributed by atoms with Crippen molar-refractivity contribution in [3.05, 3.63) is 0 Å². The molecule has 1 rings (SSSR count). The largest absolute Gasteiger partial charge is 0.352 e. The normalized spacial score (nSPS) is 20.6. The number of amides is 1. The molecule has 3 nitrogen and oxygen atoms in total. The van der Waals surface area contributed by atoms with E-state index >= 15 is 0 Å². The van der Waals surface area contributed by atoms with Crippen molar-refractivity contribution in [2.45, 2.75) is 51.6 Å². The molecule has 0 unspecified atom stereocenters. The van der Waals surface area contributed by atoms with Crippen LogP contribution in [0.25, 0.3) is 0 Å². The summed E-state index contributed by atoms with van der Waals surface area (Å²) in [6, 6.07) is 0.0397. The highest BCUT2D eigenvalue weighted by atomic mass is 16.2. The topological polar surface area (TPSA) is 55.1 Å². The first-order chi connectivity index (χ1) is 6.11. The van der Waals surface area contributed by atoms with Gasteiger partial charge >= 0.3 is 0 Å². The van der Waals surface area contributed by atoms with Crippen LogP contribution < -0.4 is 11.1 Å². The Kier molecular flexibility index (Phi) is 3.72. The summed E-state index contributed by atoms with van der Waals surface area (Å²) in [5.74, 6) is 0.239. The molecule has 1 atom stereocenters. The van der Waals surface area contributed by atoms with Crippen LogP contribution in [0.15, 0.2) is 0 Å². The number of hydrogen-bond acceptors (Lipinski definition) is 2. The highest BCUT2D eigenvalue weighted by Crippen LogP contribution is 2.17. The number of carbonyl (C=O) groups is 1. The Morgan fingerprint density at radius 2 is 1.92 bits per heavy atom. The smallest absolute Gasteiger partial charge is 0.237 e. The lowest BCUT2D eigenvalue weighted by Crippen LogP contribution is -2.47. The number of hydrogen-bond donors (Lipinski definition) is 2. The molecule has 1 aliphatic carbocycles. The first-order valence-electron chi connectivity index (χ1n) is 5.17. The molecule has 0 bridgehead atoms. The summed E-state index contributed by atoms with van der Waals surface area (Å²) >= 11 is 0. The van der Waals surface area contributed by atoms with Crippen molar-refractivity contribution < 1.29 is 4.79 Å². The zero-order chi connectivity index (χ0) is 9.84. The number of rotatable bonds is 3. The van der Waals surface area contributed by atoms with Crippen molar-refractivity contribution in [2.75, 3.05) is 0 Å². The van der Waals surface area contributed by atoms with Gasteiger partial charge in [-0.05, 0) is 18.8 Å². The predicted octanol–water partition coefficient (Wildman–Crippen LogP) is 1.03. The standard InChI is InChI=1S/C10H20N2O/c1-7(2)9(11)10(13)12-8-5-3-4-6-8/h7-9H,3-6,11H2,1-2H3,(H,12,13)/t9-/m1/s1. The van der Waals surface area contributed by atoms with Gasteiger partial charge < -0.3 is 11.1 Å². The monoisotopic (exact) mass is 184 g/mol. The van der Waals surface area contributed by atoms with Gasteiger partial charge in [0, 0.05) is 6.04 Å². The van der Waals surface area contributed by atoms with Crippen molar-refractivity contribution >= 4 is 5.91 Å².